The maximum Gasteiger partial charge on any atom is 0.265 e. The summed E-state index contributed by atoms with van der Waals surface area (Å²) in [7, 11) is -4.12. The van der Waals surface area contributed by atoms with Crippen LogP contribution in [-0.4, -0.2) is 44.3 Å². The van der Waals surface area contributed by atoms with Gasteiger partial charge in [-0.1, -0.05) is 42.0 Å². The fourth-order valence-corrected chi connectivity index (χ4v) is 6.43. The minimum atomic E-state index is -4.12. The molecule has 2 amide bonds. The van der Waals surface area contributed by atoms with Crippen LogP contribution in [0.5, 0.6) is 0 Å². The van der Waals surface area contributed by atoms with Gasteiger partial charge in [-0.2, -0.15) is 0 Å². The first kappa shape index (κ1) is 21.1. The number of nitrogens with zero attached hydrogens (tertiary/aromatic N) is 2. The fraction of sp³-hybridized carbons (Fsp3) is 0.304. The standard InChI is InChI=1S/C23H25N3O4S/c1-15-12-16(2)22(17(3)13-15)31(29,30)26-19-9-5-4-8-18(19)24-23(28)20(26)14-21(27)25-10-6-7-11-25/h4-9,12-13,20H,10-11,14H2,1-3H3,(H,24,28). The van der Waals surface area contributed by atoms with Crippen molar-refractivity contribution >= 4 is 33.2 Å². The molecule has 1 unspecified atom stereocenters. The number of anilines is 2. The zero-order valence-corrected chi connectivity index (χ0v) is 18.6. The van der Waals surface area contributed by atoms with Crippen LogP contribution < -0.4 is 9.62 Å². The quantitative estimate of drug-likeness (QED) is 0.742. The number of carbonyl (C=O) groups is 2. The fourth-order valence-electron chi connectivity index (χ4n) is 4.38. The number of amides is 2. The van der Waals surface area contributed by atoms with Crippen molar-refractivity contribution in [1.29, 1.82) is 0 Å². The van der Waals surface area contributed by atoms with Gasteiger partial charge in [0.1, 0.15) is 6.04 Å². The van der Waals surface area contributed by atoms with Gasteiger partial charge in [0.2, 0.25) is 11.8 Å². The predicted molar refractivity (Wildman–Crippen MR) is 120 cm³/mol. The van der Waals surface area contributed by atoms with E-state index in [-0.39, 0.29) is 17.2 Å². The summed E-state index contributed by atoms with van der Waals surface area (Å²) < 4.78 is 29.1. The number of hydrogen-bond acceptors (Lipinski definition) is 4. The zero-order valence-electron chi connectivity index (χ0n) is 17.8. The molecule has 2 aliphatic heterocycles. The molecule has 0 radical (unpaired) electrons. The van der Waals surface area contributed by atoms with Gasteiger partial charge in [-0.25, -0.2) is 8.42 Å². The van der Waals surface area contributed by atoms with E-state index in [1.807, 2.05) is 31.2 Å². The van der Waals surface area contributed by atoms with Crippen molar-refractivity contribution in [1.82, 2.24) is 4.90 Å². The third kappa shape index (κ3) is 3.72. The number of hydrogen-bond donors (Lipinski definition) is 1. The lowest BCUT2D eigenvalue weighted by Crippen LogP contribution is -2.53. The first-order valence-electron chi connectivity index (χ1n) is 10.1. The Kier molecular flexibility index (Phi) is 5.35. The highest BCUT2D eigenvalue weighted by Crippen LogP contribution is 2.38. The maximum absolute atomic E-state index is 14.0. The molecular weight excluding hydrogens is 414 g/mol. The van der Waals surface area contributed by atoms with Gasteiger partial charge in [-0.15, -0.1) is 0 Å². The molecule has 2 aromatic rings. The van der Waals surface area contributed by atoms with Gasteiger partial charge in [0.05, 0.1) is 22.7 Å². The second-order valence-electron chi connectivity index (χ2n) is 8.03. The van der Waals surface area contributed by atoms with E-state index >= 15 is 0 Å². The summed E-state index contributed by atoms with van der Waals surface area (Å²) >= 11 is 0. The molecule has 7 nitrogen and oxygen atoms in total. The lowest BCUT2D eigenvalue weighted by atomic mass is 10.1. The van der Waals surface area contributed by atoms with Gasteiger partial charge in [0.25, 0.3) is 10.0 Å². The smallest absolute Gasteiger partial charge is 0.265 e. The maximum atomic E-state index is 14.0. The first-order valence-corrected chi connectivity index (χ1v) is 11.6. The normalized spacial score (nSPS) is 18.2. The minimum Gasteiger partial charge on any atom is -0.335 e. The lowest BCUT2D eigenvalue weighted by Gasteiger charge is -2.37. The van der Waals surface area contributed by atoms with Gasteiger partial charge >= 0.3 is 0 Å². The molecule has 162 valence electrons. The Hall–Kier alpha value is -3.13. The lowest BCUT2D eigenvalue weighted by molar-refractivity contribution is -0.132. The predicted octanol–water partition coefficient (Wildman–Crippen LogP) is 2.92. The summed E-state index contributed by atoms with van der Waals surface area (Å²) in [5.41, 5.74) is 2.94. The summed E-state index contributed by atoms with van der Waals surface area (Å²) in [6.45, 7) is 6.34. The minimum absolute atomic E-state index is 0.169. The topological polar surface area (TPSA) is 86.8 Å². The molecule has 2 heterocycles. The van der Waals surface area contributed by atoms with E-state index in [0.29, 0.717) is 35.6 Å². The van der Waals surface area contributed by atoms with Gasteiger partial charge in [-0.05, 0) is 44.0 Å². The average Bonchev–Trinajstić information content (AvgIpc) is 3.22. The van der Waals surface area contributed by atoms with Crippen molar-refractivity contribution in [2.45, 2.75) is 38.1 Å². The number of rotatable bonds is 4. The number of aryl methyl sites for hydroxylation is 3. The molecule has 0 fully saturated rings. The van der Waals surface area contributed by atoms with E-state index < -0.39 is 22.0 Å². The largest absolute Gasteiger partial charge is 0.335 e. The second kappa shape index (κ2) is 7.85. The molecular formula is C23H25N3O4S. The highest BCUT2D eigenvalue weighted by Gasteiger charge is 2.43. The molecule has 0 aliphatic carbocycles. The second-order valence-corrected chi connectivity index (χ2v) is 9.78. The Bertz CT molecular complexity index is 1170. The summed E-state index contributed by atoms with van der Waals surface area (Å²) in [5, 5.41) is 2.77. The molecule has 2 aromatic carbocycles. The van der Waals surface area contributed by atoms with Crippen molar-refractivity contribution in [2.75, 3.05) is 22.7 Å². The van der Waals surface area contributed by atoms with E-state index in [0.717, 1.165) is 9.87 Å². The van der Waals surface area contributed by atoms with E-state index in [9.17, 15) is 18.0 Å². The summed E-state index contributed by atoms with van der Waals surface area (Å²) in [5.74, 6) is -0.771. The van der Waals surface area contributed by atoms with Crippen LogP contribution in [0.1, 0.15) is 23.1 Å². The van der Waals surface area contributed by atoms with Crippen LogP contribution in [0, 0.1) is 20.8 Å². The summed E-state index contributed by atoms with van der Waals surface area (Å²) in [6, 6.07) is 9.21. The molecule has 31 heavy (non-hydrogen) atoms. The molecule has 0 saturated carbocycles. The Morgan fingerprint density at radius 3 is 2.32 bits per heavy atom. The van der Waals surface area contributed by atoms with Crippen molar-refractivity contribution in [3.8, 4) is 0 Å². The molecule has 1 atom stereocenters. The van der Waals surface area contributed by atoms with E-state index in [4.69, 9.17) is 0 Å². The van der Waals surface area contributed by atoms with Crippen LogP contribution >= 0.6 is 0 Å². The highest BCUT2D eigenvalue weighted by atomic mass is 32.2. The number of nitrogens with one attached hydrogen (secondary N) is 1. The molecule has 0 bridgehead atoms. The summed E-state index contributed by atoms with van der Waals surface area (Å²) in [4.78, 5) is 27.6. The number of benzene rings is 2. The van der Waals surface area contributed by atoms with Gasteiger partial charge < -0.3 is 10.2 Å². The SMILES string of the molecule is Cc1cc(C)c(S(=O)(=O)N2c3ccccc3NC(=O)C2CC(=O)N2CC=CC2)c(C)c1. The van der Waals surface area contributed by atoms with E-state index in [2.05, 4.69) is 5.32 Å². The van der Waals surface area contributed by atoms with Crippen LogP contribution in [0.15, 0.2) is 53.4 Å². The average molecular weight is 440 g/mol. The van der Waals surface area contributed by atoms with Crippen molar-refractivity contribution in [3.05, 3.63) is 65.2 Å². The van der Waals surface area contributed by atoms with Crippen molar-refractivity contribution in [3.63, 3.8) is 0 Å². The number of fused-ring (bicyclic) bond motifs is 1. The highest BCUT2D eigenvalue weighted by molar-refractivity contribution is 7.93. The van der Waals surface area contributed by atoms with Crippen molar-refractivity contribution in [2.24, 2.45) is 0 Å². The molecule has 0 aromatic heterocycles. The monoisotopic (exact) mass is 439 g/mol. The summed E-state index contributed by atoms with van der Waals surface area (Å²) in [6.07, 6.45) is 3.52. The van der Waals surface area contributed by atoms with Gasteiger partial charge in [0, 0.05) is 13.1 Å². The molecule has 0 saturated heterocycles. The zero-order chi connectivity index (χ0) is 22.3. The van der Waals surface area contributed by atoms with Crippen LogP contribution in [0.2, 0.25) is 0 Å². The Morgan fingerprint density at radius 1 is 1.06 bits per heavy atom. The molecule has 8 heteroatoms. The number of carbonyl (C=O) groups excluding carboxylic acids is 2. The number of para-hydroxylation sites is 2. The van der Waals surface area contributed by atoms with Crippen LogP contribution in [0.4, 0.5) is 11.4 Å². The van der Waals surface area contributed by atoms with Crippen molar-refractivity contribution < 1.29 is 18.0 Å². The first-order chi connectivity index (χ1) is 14.7. The van der Waals surface area contributed by atoms with E-state index in [1.165, 1.54) is 0 Å². The Balaban J connectivity index is 1.84. The van der Waals surface area contributed by atoms with Crippen LogP contribution in [-0.2, 0) is 19.6 Å². The number of sulfonamides is 1. The molecule has 2 aliphatic rings. The molecule has 0 spiro atoms. The van der Waals surface area contributed by atoms with Crippen LogP contribution in [0.3, 0.4) is 0 Å². The van der Waals surface area contributed by atoms with Gasteiger partial charge in [-0.3, -0.25) is 13.9 Å². The Labute approximate surface area is 182 Å². The van der Waals surface area contributed by atoms with Gasteiger partial charge in [0.15, 0.2) is 0 Å². The van der Waals surface area contributed by atoms with E-state index in [1.54, 1.807) is 43.0 Å². The Morgan fingerprint density at radius 2 is 1.68 bits per heavy atom. The molecule has 4 rings (SSSR count). The third-order valence-corrected chi connectivity index (χ3v) is 7.77. The van der Waals surface area contributed by atoms with Crippen LogP contribution in [0.25, 0.3) is 0 Å². The third-order valence-electron chi connectivity index (χ3n) is 5.65. The molecule has 1 N–H and O–H groups in total.